The summed E-state index contributed by atoms with van der Waals surface area (Å²) in [7, 11) is 2.08. The van der Waals surface area contributed by atoms with Gasteiger partial charge in [0.25, 0.3) is 0 Å². The van der Waals surface area contributed by atoms with E-state index < -0.39 is 0 Å². The fourth-order valence-electron chi connectivity index (χ4n) is 1.76. The molecular formula is C14H24ClN3. The second kappa shape index (κ2) is 6.37. The van der Waals surface area contributed by atoms with Crippen molar-refractivity contribution < 1.29 is 0 Å². The molecule has 0 aliphatic carbocycles. The summed E-state index contributed by atoms with van der Waals surface area (Å²) in [6, 6.07) is 0.431. The van der Waals surface area contributed by atoms with Crippen LogP contribution in [0.15, 0.2) is 6.20 Å². The van der Waals surface area contributed by atoms with Crippen molar-refractivity contribution in [1.29, 1.82) is 0 Å². The van der Waals surface area contributed by atoms with Crippen LogP contribution >= 0.6 is 11.6 Å². The molecule has 0 spiro atoms. The Kier molecular flexibility index (Phi) is 5.39. The van der Waals surface area contributed by atoms with Crippen LogP contribution in [0.4, 0.5) is 5.69 Å². The third kappa shape index (κ3) is 3.35. The number of alkyl halides is 1. The second-order valence-electron chi connectivity index (χ2n) is 5.44. The third-order valence-electron chi connectivity index (χ3n) is 3.46. The Morgan fingerprint density at radius 1 is 1.22 bits per heavy atom. The monoisotopic (exact) mass is 269 g/mol. The van der Waals surface area contributed by atoms with Gasteiger partial charge in [-0.05, 0) is 12.8 Å². The summed E-state index contributed by atoms with van der Waals surface area (Å²) in [5.74, 6) is 2.18. The molecule has 102 valence electrons. The number of aromatic nitrogens is 2. The fourth-order valence-corrected chi connectivity index (χ4v) is 1.96. The molecule has 3 nitrogen and oxygen atoms in total. The van der Waals surface area contributed by atoms with Gasteiger partial charge in [0.05, 0.1) is 23.5 Å². The first-order valence-corrected chi connectivity index (χ1v) is 7.06. The van der Waals surface area contributed by atoms with E-state index in [0.717, 1.165) is 17.2 Å². The lowest BCUT2D eigenvalue weighted by molar-refractivity contribution is 0.503. The summed E-state index contributed by atoms with van der Waals surface area (Å²) in [5.41, 5.74) is 1.96. The van der Waals surface area contributed by atoms with Gasteiger partial charge in [0.2, 0.25) is 0 Å². The number of nitrogens with zero attached hydrogens (tertiary/aromatic N) is 3. The Bertz CT molecular complexity index is 391. The maximum Gasteiger partial charge on any atom is 0.131 e. The minimum Gasteiger partial charge on any atom is -0.369 e. The first kappa shape index (κ1) is 15.2. The van der Waals surface area contributed by atoms with Gasteiger partial charge in [-0.25, -0.2) is 9.97 Å². The predicted octanol–water partition coefficient (Wildman–Crippen LogP) is 3.82. The first-order valence-electron chi connectivity index (χ1n) is 6.53. The maximum atomic E-state index is 6.02. The van der Waals surface area contributed by atoms with Crippen LogP contribution < -0.4 is 4.90 Å². The second-order valence-corrected chi connectivity index (χ2v) is 5.71. The van der Waals surface area contributed by atoms with Crippen LogP contribution in [0.5, 0.6) is 0 Å². The molecule has 1 aromatic heterocycles. The number of halogens is 1. The van der Waals surface area contributed by atoms with Gasteiger partial charge in [0.1, 0.15) is 5.82 Å². The van der Waals surface area contributed by atoms with Gasteiger partial charge in [0.15, 0.2) is 0 Å². The first-order chi connectivity index (χ1) is 8.38. The zero-order chi connectivity index (χ0) is 13.9. The number of anilines is 1. The summed E-state index contributed by atoms with van der Waals surface area (Å²) >= 11 is 6.02. The highest BCUT2D eigenvalue weighted by molar-refractivity contribution is 6.17. The summed E-state index contributed by atoms with van der Waals surface area (Å²) < 4.78 is 0. The molecule has 0 aromatic carbocycles. The minimum atomic E-state index is 0.328. The molecule has 0 radical (unpaired) electrons. The van der Waals surface area contributed by atoms with Gasteiger partial charge in [-0.3, -0.25) is 0 Å². The molecular weight excluding hydrogens is 246 g/mol. The minimum absolute atomic E-state index is 0.328. The third-order valence-corrected chi connectivity index (χ3v) is 3.72. The SMILES string of the molecule is CC(C)c1ncc(N(C)C(C)C(C)C)c(CCl)n1. The van der Waals surface area contributed by atoms with Crippen molar-refractivity contribution in [2.24, 2.45) is 5.92 Å². The molecule has 0 fully saturated rings. The van der Waals surface area contributed by atoms with Crippen molar-refractivity contribution in [2.75, 3.05) is 11.9 Å². The van der Waals surface area contributed by atoms with E-state index in [-0.39, 0.29) is 0 Å². The van der Waals surface area contributed by atoms with Gasteiger partial charge in [-0.1, -0.05) is 27.7 Å². The lowest BCUT2D eigenvalue weighted by atomic mass is 10.0. The van der Waals surface area contributed by atoms with E-state index in [1.54, 1.807) is 0 Å². The van der Waals surface area contributed by atoms with Crippen LogP contribution in [0.3, 0.4) is 0 Å². The Morgan fingerprint density at radius 3 is 2.28 bits per heavy atom. The lowest BCUT2D eigenvalue weighted by Crippen LogP contribution is -2.34. The molecule has 1 unspecified atom stereocenters. The predicted molar refractivity (Wildman–Crippen MR) is 78.4 cm³/mol. The van der Waals surface area contributed by atoms with Crippen LogP contribution in [0.1, 0.15) is 52.1 Å². The van der Waals surface area contributed by atoms with E-state index in [2.05, 4.69) is 56.5 Å². The normalized spacial score (nSPS) is 13.2. The van der Waals surface area contributed by atoms with E-state index in [1.807, 2.05) is 6.20 Å². The van der Waals surface area contributed by atoms with Crippen LogP contribution in [-0.2, 0) is 5.88 Å². The summed E-state index contributed by atoms with van der Waals surface area (Å²) in [6.45, 7) is 10.8. The Morgan fingerprint density at radius 2 is 1.83 bits per heavy atom. The highest BCUT2D eigenvalue weighted by Gasteiger charge is 2.18. The highest BCUT2D eigenvalue weighted by atomic mass is 35.5. The van der Waals surface area contributed by atoms with Crippen molar-refractivity contribution in [2.45, 2.75) is 52.5 Å². The Hall–Kier alpha value is -0.830. The number of hydrogen-bond acceptors (Lipinski definition) is 3. The Labute approximate surface area is 116 Å². The van der Waals surface area contributed by atoms with Crippen molar-refractivity contribution in [3.8, 4) is 0 Å². The van der Waals surface area contributed by atoms with Gasteiger partial charge in [-0.15, -0.1) is 11.6 Å². The Balaban J connectivity index is 3.09. The quantitative estimate of drug-likeness (QED) is 0.761. The van der Waals surface area contributed by atoms with Gasteiger partial charge in [0, 0.05) is 19.0 Å². The van der Waals surface area contributed by atoms with Crippen molar-refractivity contribution in [1.82, 2.24) is 9.97 Å². The van der Waals surface area contributed by atoms with Crippen molar-refractivity contribution in [3.63, 3.8) is 0 Å². The largest absolute Gasteiger partial charge is 0.369 e. The van der Waals surface area contributed by atoms with E-state index in [9.17, 15) is 0 Å². The maximum absolute atomic E-state index is 6.02. The molecule has 4 heteroatoms. The summed E-state index contributed by atoms with van der Waals surface area (Å²) in [6.07, 6.45) is 1.90. The van der Waals surface area contributed by atoms with Gasteiger partial charge < -0.3 is 4.90 Å². The smallest absolute Gasteiger partial charge is 0.131 e. The molecule has 0 amide bonds. The highest BCUT2D eigenvalue weighted by Crippen LogP contribution is 2.24. The molecule has 0 bridgehead atoms. The van der Waals surface area contributed by atoms with E-state index in [4.69, 9.17) is 11.6 Å². The number of rotatable bonds is 5. The van der Waals surface area contributed by atoms with Crippen LogP contribution in [0.25, 0.3) is 0 Å². The standard InChI is InChI=1S/C14H24ClN3/c1-9(2)11(5)18(6)13-8-16-14(10(3)4)17-12(13)7-15/h8-11H,7H2,1-6H3. The van der Waals surface area contributed by atoms with Gasteiger partial charge in [-0.2, -0.15) is 0 Å². The zero-order valence-corrected chi connectivity index (χ0v) is 13.0. The molecule has 1 aromatic rings. The van der Waals surface area contributed by atoms with Crippen molar-refractivity contribution >= 4 is 17.3 Å². The molecule has 0 aliphatic heterocycles. The molecule has 1 rings (SSSR count). The number of hydrogen-bond donors (Lipinski definition) is 0. The molecule has 0 saturated heterocycles. The molecule has 1 atom stereocenters. The van der Waals surface area contributed by atoms with E-state index in [1.165, 1.54) is 0 Å². The topological polar surface area (TPSA) is 29.0 Å². The zero-order valence-electron chi connectivity index (χ0n) is 12.2. The molecule has 0 aliphatic rings. The lowest BCUT2D eigenvalue weighted by Gasteiger charge is -2.30. The molecule has 0 N–H and O–H groups in total. The molecule has 1 heterocycles. The van der Waals surface area contributed by atoms with Crippen LogP contribution in [0, 0.1) is 5.92 Å². The average Bonchev–Trinajstić information content (AvgIpc) is 2.35. The van der Waals surface area contributed by atoms with E-state index >= 15 is 0 Å². The van der Waals surface area contributed by atoms with E-state index in [0.29, 0.717) is 23.8 Å². The van der Waals surface area contributed by atoms with Crippen LogP contribution in [0.2, 0.25) is 0 Å². The average molecular weight is 270 g/mol. The van der Waals surface area contributed by atoms with Crippen LogP contribution in [-0.4, -0.2) is 23.1 Å². The summed E-state index contributed by atoms with van der Waals surface area (Å²) in [5, 5.41) is 0. The van der Waals surface area contributed by atoms with Gasteiger partial charge >= 0.3 is 0 Å². The fraction of sp³-hybridized carbons (Fsp3) is 0.714. The summed E-state index contributed by atoms with van der Waals surface area (Å²) in [4.78, 5) is 11.2. The molecule has 0 saturated carbocycles. The van der Waals surface area contributed by atoms with Crippen molar-refractivity contribution in [3.05, 3.63) is 17.7 Å². The molecule has 18 heavy (non-hydrogen) atoms.